The fourth-order valence-corrected chi connectivity index (χ4v) is 1.30. The summed E-state index contributed by atoms with van der Waals surface area (Å²) in [6, 6.07) is 12.4. The summed E-state index contributed by atoms with van der Waals surface area (Å²) < 4.78 is 5.16. The molecule has 0 bridgehead atoms. The van der Waals surface area contributed by atoms with Gasteiger partial charge in [0, 0.05) is 12.1 Å². The molecule has 0 saturated heterocycles. The Hall–Kier alpha value is -2.23. The van der Waals surface area contributed by atoms with Crippen molar-refractivity contribution in [1.29, 1.82) is 0 Å². The Morgan fingerprint density at radius 2 is 1.87 bits per heavy atom. The van der Waals surface area contributed by atoms with E-state index in [1.807, 2.05) is 30.3 Å². The first-order valence-electron chi connectivity index (χ1n) is 4.46. The van der Waals surface area contributed by atoms with Gasteiger partial charge < -0.3 is 10.2 Å². The molecule has 0 saturated carbocycles. The SMILES string of the molecule is Nc1ccc(N(C=O)c2ccccc2)o1. The molecule has 0 radical (unpaired) electrons. The lowest BCUT2D eigenvalue weighted by Gasteiger charge is -2.13. The van der Waals surface area contributed by atoms with Gasteiger partial charge in [-0.15, -0.1) is 0 Å². The molecule has 4 heteroatoms. The van der Waals surface area contributed by atoms with Crippen LogP contribution < -0.4 is 10.6 Å². The second-order valence-corrected chi connectivity index (χ2v) is 2.99. The van der Waals surface area contributed by atoms with Gasteiger partial charge in [0.15, 0.2) is 5.88 Å². The van der Waals surface area contributed by atoms with Gasteiger partial charge in [-0.3, -0.25) is 9.69 Å². The van der Waals surface area contributed by atoms with Crippen molar-refractivity contribution in [2.75, 3.05) is 10.6 Å². The molecule has 1 aromatic heterocycles. The van der Waals surface area contributed by atoms with E-state index < -0.39 is 0 Å². The number of rotatable bonds is 3. The lowest BCUT2D eigenvalue weighted by atomic mass is 10.3. The van der Waals surface area contributed by atoms with E-state index in [0.29, 0.717) is 12.3 Å². The third-order valence-corrected chi connectivity index (χ3v) is 1.99. The molecule has 0 atom stereocenters. The van der Waals surface area contributed by atoms with Crippen LogP contribution in [0.15, 0.2) is 46.9 Å². The first-order valence-corrected chi connectivity index (χ1v) is 4.46. The zero-order valence-electron chi connectivity index (χ0n) is 7.96. The van der Waals surface area contributed by atoms with Crippen LogP contribution in [0.5, 0.6) is 0 Å². The zero-order valence-corrected chi connectivity index (χ0v) is 7.96. The number of nitrogens with zero attached hydrogens (tertiary/aromatic N) is 1. The summed E-state index contributed by atoms with van der Waals surface area (Å²) in [7, 11) is 0. The second kappa shape index (κ2) is 3.88. The Labute approximate surface area is 86.9 Å². The molecule has 0 unspecified atom stereocenters. The van der Waals surface area contributed by atoms with Gasteiger partial charge in [-0.05, 0) is 12.1 Å². The summed E-state index contributed by atoms with van der Waals surface area (Å²) in [6.07, 6.45) is 0.688. The smallest absolute Gasteiger partial charge is 0.221 e. The first-order chi connectivity index (χ1) is 7.31. The molecule has 0 aliphatic heterocycles. The molecule has 0 aliphatic carbocycles. The molecule has 1 amide bonds. The Kier molecular flexibility index (Phi) is 2.41. The quantitative estimate of drug-likeness (QED) is 0.776. The molecule has 2 aromatic rings. The van der Waals surface area contributed by atoms with E-state index in [4.69, 9.17) is 10.2 Å². The first kappa shape index (κ1) is 9.33. The fourth-order valence-electron chi connectivity index (χ4n) is 1.30. The molecule has 0 spiro atoms. The van der Waals surface area contributed by atoms with Crippen LogP contribution in [0.4, 0.5) is 17.5 Å². The van der Waals surface area contributed by atoms with Crippen LogP contribution in [-0.4, -0.2) is 6.41 Å². The summed E-state index contributed by atoms with van der Waals surface area (Å²) in [5.74, 6) is 0.696. The van der Waals surface area contributed by atoms with E-state index in [-0.39, 0.29) is 5.88 Å². The second-order valence-electron chi connectivity index (χ2n) is 2.99. The molecule has 0 aliphatic rings. The van der Waals surface area contributed by atoms with Crippen LogP contribution in [0.25, 0.3) is 0 Å². The highest BCUT2D eigenvalue weighted by Gasteiger charge is 2.10. The molecule has 2 rings (SSSR count). The van der Waals surface area contributed by atoms with Gasteiger partial charge in [0.25, 0.3) is 0 Å². The van der Waals surface area contributed by atoms with E-state index in [0.717, 1.165) is 5.69 Å². The maximum Gasteiger partial charge on any atom is 0.221 e. The number of benzene rings is 1. The largest absolute Gasteiger partial charge is 0.425 e. The molecular formula is C11H10N2O2. The van der Waals surface area contributed by atoms with E-state index in [1.165, 1.54) is 4.90 Å². The van der Waals surface area contributed by atoms with Crippen molar-refractivity contribution in [2.24, 2.45) is 0 Å². The Morgan fingerprint density at radius 1 is 1.13 bits per heavy atom. The third kappa shape index (κ3) is 1.83. The predicted molar refractivity (Wildman–Crippen MR) is 57.8 cm³/mol. The summed E-state index contributed by atoms with van der Waals surface area (Å²) >= 11 is 0. The van der Waals surface area contributed by atoms with Crippen LogP contribution in [0.3, 0.4) is 0 Å². The van der Waals surface area contributed by atoms with Crippen LogP contribution in [0, 0.1) is 0 Å². The topological polar surface area (TPSA) is 59.5 Å². The molecule has 1 aromatic carbocycles. The number of para-hydroxylation sites is 1. The van der Waals surface area contributed by atoms with Gasteiger partial charge in [-0.25, -0.2) is 0 Å². The van der Waals surface area contributed by atoms with E-state index in [9.17, 15) is 4.79 Å². The minimum Gasteiger partial charge on any atom is -0.425 e. The minimum atomic E-state index is 0.285. The average molecular weight is 202 g/mol. The van der Waals surface area contributed by atoms with Gasteiger partial charge in [-0.2, -0.15) is 0 Å². The Morgan fingerprint density at radius 3 is 2.40 bits per heavy atom. The van der Waals surface area contributed by atoms with Crippen LogP contribution in [0.2, 0.25) is 0 Å². The number of hydrogen-bond acceptors (Lipinski definition) is 3. The molecule has 0 fully saturated rings. The van der Waals surface area contributed by atoms with Gasteiger partial charge >= 0.3 is 0 Å². The Balaban J connectivity index is 2.37. The van der Waals surface area contributed by atoms with E-state index in [1.54, 1.807) is 12.1 Å². The van der Waals surface area contributed by atoms with Gasteiger partial charge in [-0.1, -0.05) is 18.2 Å². The molecular weight excluding hydrogens is 192 g/mol. The number of hydrogen-bond donors (Lipinski definition) is 1. The zero-order chi connectivity index (χ0) is 10.7. The minimum absolute atomic E-state index is 0.285. The molecule has 15 heavy (non-hydrogen) atoms. The van der Waals surface area contributed by atoms with Crippen LogP contribution in [-0.2, 0) is 4.79 Å². The maximum absolute atomic E-state index is 10.9. The number of nitrogens with two attached hydrogens (primary N) is 1. The van der Waals surface area contributed by atoms with Crippen molar-refractivity contribution in [3.8, 4) is 0 Å². The fraction of sp³-hybridized carbons (Fsp3) is 0. The van der Waals surface area contributed by atoms with Gasteiger partial charge in [0.1, 0.15) is 0 Å². The van der Waals surface area contributed by atoms with Crippen molar-refractivity contribution in [3.63, 3.8) is 0 Å². The van der Waals surface area contributed by atoms with Crippen molar-refractivity contribution in [2.45, 2.75) is 0 Å². The van der Waals surface area contributed by atoms with Crippen molar-refractivity contribution < 1.29 is 9.21 Å². The van der Waals surface area contributed by atoms with E-state index >= 15 is 0 Å². The lowest BCUT2D eigenvalue weighted by Crippen LogP contribution is -2.12. The molecule has 76 valence electrons. The summed E-state index contributed by atoms with van der Waals surface area (Å²) in [5.41, 5.74) is 6.18. The molecule has 2 N–H and O–H groups in total. The Bertz CT molecular complexity index is 451. The summed E-state index contributed by atoms with van der Waals surface area (Å²) in [5, 5.41) is 0. The van der Waals surface area contributed by atoms with E-state index in [2.05, 4.69) is 0 Å². The third-order valence-electron chi connectivity index (χ3n) is 1.99. The molecule has 1 heterocycles. The van der Waals surface area contributed by atoms with Crippen molar-refractivity contribution in [1.82, 2.24) is 0 Å². The summed E-state index contributed by atoms with van der Waals surface area (Å²) in [6.45, 7) is 0. The van der Waals surface area contributed by atoms with Gasteiger partial charge in [0.05, 0.1) is 5.69 Å². The molecule has 4 nitrogen and oxygen atoms in total. The number of carbonyl (C=O) groups excluding carboxylic acids is 1. The van der Waals surface area contributed by atoms with Crippen molar-refractivity contribution in [3.05, 3.63) is 42.5 Å². The number of amides is 1. The number of anilines is 3. The predicted octanol–water partition coefficient (Wildman–Crippen LogP) is 2.16. The number of furan rings is 1. The van der Waals surface area contributed by atoms with Gasteiger partial charge in [0.2, 0.25) is 12.3 Å². The lowest BCUT2D eigenvalue weighted by molar-refractivity contribution is -0.107. The number of carbonyl (C=O) groups is 1. The normalized spacial score (nSPS) is 9.87. The highest BCUT2D eigenvalue weighted by molar-refractivity contribution is 5.84. The van der Waals surface area contributed by atoms with Crippen LogP contribution >= 0.6 is 0 Å². The summed E-state index contributed by atoms with van der Waals surface area (Å²) in [4.78, 5) is 12.3. The average Bonchev–Trinajstić information content (AvgIpc) is 2.68. The monoisotopic (exact) mass is 202 g/mol. The number of nitrogen functional groups attached to an aromatic ring is 1. The van der Waals surface area contributed by atoms with Crippen LogP contribution in [0.1, 0.15) is 0 Å². The highest BCUT2D eigenvalue weighted by atomic mass is 16.4. The highest BCUT2D eigenvalue weighted by Crippen LogP contribution is 2.26. The van der Waals surface area contributed by atoms with Crippen molar-refractivity contribution >= 4 is 23.9 Å². The standard InChI is InChI=1S/C11H10N2O2/c12-10-6-7-11(15-10)13(8-14)9-4-2-1-3-5-9/h1-8H,12H2. The maximum atomic E-state index is 10.9.